The average Bonchev–Trinajstić information content (AvgIpc) is 2.53. The predicted octanol–water partition coefficient (Wildman–Crippen LogP) is 4.32. The molecule has 3 N–H and O–H groups in total. The molecular formula is C17H20BrFIN3O. The summed E-state index contributed by atoms with van der Waals surface area (Å²) in [7, 11) is 1.64. The standard InChI is InChI=1S/C17H19BrFN3O.HI/c1-23-11-13-4-2-3-5-16(13)22-17(20)21-9-8-12-10-14(18)6-7-15(12)19;/h2-7,10H,8-9,11H2,1H3,(H3,20,21,22);1H. The van der Waals surface area contributed by atoms with Crippen molar-refractivity contribution in [1.82, 2.24) is 0 Å². The van der Waals surface area contributed by atoms with Crippen molar-refractivity contribution in [3.8, 4) is 0 Å². The van der Waals surface area contributed by atoms with Crippen LogP contribution in [0.2, 0.25) is 0 Å². The highest BCUT2D eigenvalue weighted by Gasteiger charge is 2.04. The van der Waals surface area contributed by atoms with E-state index < -0.39 is 0 Å². The van der Waals surface area contributed by atoms with Crippen LogP contribution < -0.4 is 11.1 Å². The number of benzene rings is 2. The summed E-state index contributed by atoms with van der Waals surface area (Å²) in [4.78, 5) is 4.25. The molecule has 0 amide bonds. The molecule has 0 heterocycles. The number of nitrogens with zero attached hydrogens (tertiary/aromatic N) is 1. The molecule has 24 heavy (non-hydrogen) atoms. The Morgan fingerprint density at radius 2 is 2.00 bits per heavy atom. The molecule has 0 aliphatic carbocycles. The quantitative estimate of drug-likeness (QED) is 0.348. The molecule has 7 heteroatoms. The minimum atomic E-state index is -0.236. The van der Waals surface area contributed by atoms with Gasteiger partial charge in [-0.05, 0) is 36.2 Å². The number of nitrogens with one attached hydrogen (secondary N) is 1. The normalized spacial score (nSPS) is 11.0. The van der Waals surface area contributed by atoms with E-state index in [1.807, 2.05) is 24.3 Å². The molecule has 0 aliphatic rings. The van der Waals surface area contributed by atoms with Gasteiger partial charge in [-0.1, -0.05) is 34.1 Å². The van der Waals surface area contributed by atoms with Gasteiger partial charge in [0.1, 0.15) is 5.82 Å². The molecule has 0 saturated carbocycles. The number of methoxy groups -OCH3 is 1. The maximum Gasteiger partial charge on any atom is 0.193 e. The van der Waals surface area contributed by atoms with Crippen molar-refractivity contribution in [1.29, 1.82) is 0 Å². The number of hydrogen-bond acceptors (Lipinski definition) is 2. The minimum Gasteiger partial charge on any atom is -0.380 e. The number of halogens is 3. The summed E-state index contributed by atoms with van der Waals surface area (Å²) in [5, 5.41) is 3.05. The van der Waals surface area contributed by atoms with Crippen LogP contribution in [0, 0.1) is 5.82 Å². The highest BCUT2D eigenvalue weighted by atomic mass is 127. The zero-order valence-corrected chi connectivity index (χ0v) is 17.2. The Morgan fingerprint density at radius 1 is 1.25 bits per heavy atom. The van der Waals surface area contributed by atoms with Gasteiger partial charge in [0.15, 0.2) is 5.96 Å². The highest BCUT2D eigenvalue weighted by Crippen LogP contribution is 2.17. The first-order valence-corrected chi connectivity index (χ1v) is 7.97. The van der Waals surface area contributed by atoms with Crippen molar-refractivity contribution in [2.24, 2.45) is 10.7 Å². The topological polar surface area (TPSA) is 59.6 Å². The number of anilines is 1. The Bertz CT molecular complexity index is 697. The van der Waals surface area contributed by atoms with Crippen molar-refractivity contribution < 1.29 is 9.13 Å². The molecule has 2 rings (SSSR count). The van der Waals surface area contributed by atoms with Gasteiger partial charge in [0.25, 0.3) is 0 Å². The number of ether oxygens (including phenoxy) is 1. The van der Waals surface area contributed by atoms with Crippen LogP contribution in [0.15, 0.2) is 51.9 Å². The zero-order valence-electron chi connectivity index (χ0n) is 13.3. The summed E-state index contributed by atoms with van der Waals surface area (Å²) in [5.74, 6) is 0.0596. The largest absolute Gasteiger partial charge is 0.380 e. The lowest BCUT2D eigenvalue weighted by Crippen LogP contribution is -2.23. The first kappa shape index (κ1) is 20.9. The lowest BCUT2D eigenvalue weighted by molar-refractivity contribution is 0.185. The molecule has 0 aromatic heterocycles. The van der Waals surface area contributed by atoms with E-state index in [2.05, 4.69) is 26.2 Å². The summed E-state index contributed by atoms with van der Waals surface area (Å²) in [6.45, 7) is 0.887. The molecule has 0 saturated heterocycles. The summed E-state index contributed by atoms with van der Waals surface area (Å²) in [6.07, 6.45) is 0.480. The number of hydrogen-bond donors (Lipinski definition) is 2. The van der Waals surface area contributed by atoms with E-state index in [1.165, 1.54) is 6.07 Å². The second kappa shape index (κ2) is 10.6. The maximum absolute atomic E-state index is 13.6. The fourth-order valence-corrected chi connectivity index (χ4v) is 2.54. The van der Waals surface area contributed by atoms with Gasteiger partial charge in [-0.15, -0.1) is 24.0 Å². The second-order valence-electron chi connectivity index (χ2n) is 4.97. The predicted molar refractivity (Wildman–Crippen MR) is 110 cm³/mol. The van der Waals surface area contributed by atoms with Crippen LogP contribution in [0.3, 0.4) is 0 Å². The molecular weight excluding hydrogens is 488 g/mol. The number of nitrogens with two attached hydrogens (primary N) is 1. The average molecular weight is 508 g/mol. The summed E-state index contributed by atoms with van der Waals surface area (Å²) < 4.78 is 19.6. The number of aliphatic imine (C=N–C) groups is 1. The van der Waals surface area contributed by atoms with E-state index in [4.69, 9.17) is 10.5 Å². The fourth-order valence-electron chi connectivity index (χ4n) is 2.13. The van der Waals surface area contributed by atoms with Crippen LogP contribution in [-0.4, -0.2) is 19.6 Å². The smallest absolute Gasteiger partial charge is 0.193 e. The van der Waals surface area contributed by atoms with E-state index in [9.17, 15) is 4.39 Å². The Labute approximate surface area is 166 Å². The highest BCUT2D eigenvalue weighted by molar-refractivity contribution is 14.0. The summed E-state index contributed by atoms with van der Waals surface area (Å²) in [5.41, 5.74) is 8.35. The lowest BCUT2D eigenvalue weighted by Gasteiger charge is -2.11. The number of guanidine groups is 1. The third-order valence-corrected chi connectivity index (χ3v) is 3.74. The Morgan fingerprint density at radius 3 is 2.75 bits per heavy atom. The molecule has 0 fully saturated rings. The molecule has 0 radical (unpaired) electrons. The van der Waals surface area contributed by atoms with Crippen LogP contribution in [0.5, 0.6) is 0 Å². The van der Waals surface area contributed by atoms with Gasteiger partial charge in [-0.3, -0.25) is 4.99 Å². The molecule has 0 atom stereocenters. The molecule has 0 aliphatic heterocycles. The van der Waals surface area contributed by atoms with Crippen LogP contribution >= 0.6 is 39.9 Å². The third-order valence-electron chi connectivity index (χ3n) is 3.25. The van der Waals surface area contributed by atoms with Gasteiger partial charge >= 0.3 is 0 Å². The monoisotopic (exact) mass is 507 g/mol. The second-order valence-corrected chi connectivity index (χ2v) is 5.88. The Hall–Kier alpha value is -1.19. The van der Waals surface area contributed by atoms with E-state index >= 15 is 0 Å². The SMILES string of the molecule is COCc1ccccc1NC(N)=NCCc1cc(Br)ccc1F.I. The van der Waals surface area contributed by atoms with E-state index in [0.29, 0.717) is 31.1 Å². The van der Waals surface area contributed by atoms with Crippen LogP contribution in [0.1, 0.15) is 11.1 Å². The summed E-state index contributed by atoms with van der Waals surface area (Å²) in [6, 6.07) is 12.6. The Kier molecular flexibility index (Phi) is 9.24. The van der Waals surface area contributed by atoms with Gasteiger partial charge in [0.2, 0.25) is 0 Å². The molecule has 0 unspecified atom stereocenters. The van der Waals surface area contributed by atoms with Crippen molar-refractivity contribution in [3.05, 3.63) is 63.9 Å². The molecule has 130 valence electrons. The number of rotatable bonds is 6. The van der Waals surface area contributed by atoms with Crippen molar-refractivity contribution in [2.45, 2.75) is 13.0 Å². The van der Waals surface area contributed by atoms with E-state index in [-0.39, 0.29) is 29.8 Å². The van der Waals surface area contributed by atoms with Gasteiger partial charge in [-0.25, -0.2) is 4.39 Å². The molecule has 0 bridgehead atoms. The van der Waals surface area contributed by atoms with Crippen LogP contribution in [-0.2, 0) is 17.8 Å². The molecule has 2 aromatic carbocycles. The van der Waals surface area contributed by atoms with E-state index in [1.54, 1.807) is 19.2 Å². The van der Waals surface area contributed by atoms with Gasteiger partial charge in [0, 0.05) is 29.4 Å². The first-order valence-electron chi connectivity index (χ1n) is 7.18. The third kappa shape index (κ3) is 6.37. The fraction of sp³-hybridized carbons (Fsp3) is 0.235. The van der Waals surface area contributed by atoms with Crippen molar-refractivity contribution in [3.63, 3.8) is 0 Å². The zero-order chi connectivity index (χ0) is 16.7. The molecule has 4 nitrogen and oxygen atoms in total. The van der Waals surface area contributed by atoms with E-state index in [0.717, 1.165) is 15.7 Å². The molecule has 2 aromatic rings. The van der Waals surface area contributed by atoms with Gasteiger partial charge in [-0.2, -0.15) is 0 Å². The van der Waals surface area contributed by atoms with Crippen LogP contribution in [0.25, 0.3) is 0 Å². The maximum atomic E-state index is 13.6. The molecule has 0 spiro atoms. The van der Waals surface area contributed by atoms with Gasteiger partial charge in [0.05, 0.1) is 6.61 Å². The number of para-hydroxylation sites is 1. The van der Waals surface area contributed by atoms with Crippen molar-refractivity contribution >= 4 is 51.6 Å². The summed E-state index contributed by atoms with van der Waals surface area (Å²) >= 11 is 3.33. The Balaban J connectivity index is 0.00000288. The van der Waals surface area contributed by atoms with Crippen LogP contribution in [0.4, 0.5) is 10.1 Å². The lowest BCUT2D eigenvalue weighted by atomic mass is 10.1. The van der Waals surface area contributed by atoms with Gasteiger partial charge < -0.3 is 15.8 Å². The first-order chi connectivity index (χ1) is 11.1. The minimum absolute atomic E-state index is 0. The van der Waals surface area contributed by atoms with Crippen molar-refractivity contribution in [2.75, 3.05) is 19.0 Å².